The number of hydrogen-bond acceptors (Lipinski definition) is 7. The fourth-order valence-corrected chi connectivity index (χ4v) is 4.06. The van der Waals surface area contributed by atoms with E-state index < -0.39 is 30.1 Å². The van der Waals surface area contributed by atoms with Gasteiger partial charge >= 0.3 is 11.9 Å². The normalized spacial score (nSPS) is 22.5. The summed E-state index contributed by atoms with van der Waals surface area (Å²) in [7, 11) is 1.25. The number of carbonyl (C=O) groups is 4. The average molecular weight is 473 g/mol. The fraction of sp³-hybridized carbons (Fsp3) is 0.520. The van der Waals surface area contributed by atoms with Gasteiger partial charge in [-0.05, 0) is 36.8 Å². The second kappa shape index (κ2) is 11.8. The zero-order valence-electron chi connectivity index (χ0n) is 19.8. The van der Waals surface area contributed by atoms with Gasteiger partial charge in [0.1, 0.15) is 24.8 Å². The molecule has 2 amide bonds. The van der Waals surface area contributed by atoms with E-state index in [4.69, 9.17) is 9.47 Å². The lowest BCUT2D eigenvalue weighted by molar-refractivity contribution is -0.148. The predicted molar refractivity (Wildman–Crippen MR) is 122 cm³/mol. The minimum atomic E-state index is -0.856. The van der Waals surface area contributed by atoms with Gasteiger partial charge in [-0.1, -0.05) is 44.2 Å². The minimum absolute atomic E-state index is 0.119. The number of likely N-dealkylation sites (tertiary alicyclic amines) is 1. The van der Waals surface area contributed by atoms with E-state index in [1.807, 2.05) is 44.2 Å². The minimum Gasteiger partial charge on any atom is -0.466 e. The lowest BCUT2D eigenvalue weighted by atomic mass is 10.0. The molecule has 3 rings (SSSR count). The molecule has 1 N–H and O–H groups in total. The smallest absolute Gasteiger partial charge is 0.330 e. The van der Waals surface area contributed by atoms with Crippen LogP contribution in [0.3, 0.4) is 0 Å². The molecule has 2 heterocycles. The Bertz CT molecular complexity index is 915. The maximum atomic E-state index is 13.1. The molecule has 2 saturated heterocycles. The topological polar surface area (TPSA) is 115 Å². The molecule has 0 saturated carbocycles. The van der Waals surface area contributed by atoms with Crippen molar-refractivity contribution in [3.05, 3.63) is 48.0 Å². The number of ether oxygens (including phenoxy) is 3. The third-order valence-electron chi connectivity index (χ3n) is 5.79. The van der Waals surface area contributed by atoms with Crippen LogP contribution in [0.4, 0.5) is 0 Å². The van der Waals surface area contributed by atoms with Crippen molar-refractivity contribution in [1.82, 2.24) is 10.2 Å². The number of rotatable bonds is 10. The maximum Gasteiger partial charge on any atom is 0.330 e. The number of nitrogens with zero attached hydrogens (tertiary/aromatic N) is 1. The first-order valence-corrected chi connectivity index (χ1v) is 11.5. The third-order valence-corrected chi connectivity index (χ3v) is 5.79. The number of benzene rings is 1. The van der Waals surface area contributed by atoms with Gasteiger partial charge < -0.3 is 24.4 Å². The Hall–Kier alpha value is -3.20. The van der Waals surface area contributed by atoms with Crippen molar-refractivity contribution in [3.63, 3.8) is 0 Å². The standard InChI is InChI=1S/C25H32N2O7/c1-16(2)15-18(25(31)33-14-8-12-20(28)32-3)26-23(29)19-11-7-13-27(19)24(30)22-21(34-22)17-9-5-4-6-10-17/h4-6,8-10,12,16,18-19,21-22H,7,11,13-15H2,1-3H3,(H,26,29)/b12-8-/t18-,19-,21-,22+/m0/s1. The molecular weight excluding hydrogens is 440 g/mol. The molecular formula is C25H32N2O7. The van der Waals surface area contributed by atoms with Gasteiger partial charge in [0, 0.05) is 12.6 Å². The Morgan fingerprint density at radius 2 is 1.94 bits per heavy atom. The van der Waals surface area contributed by atoms with E-state index in [1.165, 1.54) is 13.2 Å². The molecule has 2 fully saturated rings. The molecule has 0 aliphatic carbocycles. The van der Waals surface area contributed by atoms with Crippen molar-refractivity contribution < 1.29 is 33.4 Å². The zero-order chi connectivity index (χ0) is 24.7. The van der Waals surface area contributed by atoms with Gasteiger partial charge in [0.15, 0.2) is 6.10 Å². The number of amides is 2. The molecule has 0 bridgehead atoms. The molecule has 2 aliphatic heterocycles. The summed E-state index contributed by atoms with van der Waals surface area (Å²) in [5, 5.41) is 2.77. The van der Waals surface area contributed by atoms with Gasteiger partial charge in [-0.2, -0.15) is 0 Å². The first kappa shape index (κ1) is 25.4. The Morgan fingerprint density at radius 1 is 1.21 bits per heavy atom. The van der Waals surface area contributed by atoms with Crippen LogP contribution in [0.25, 0.3) is 0 Å². The van der Waals surface area contributed by atoms with Gasteiger partial charge in [-0.25, -0.2) is 9.59 Å². The van der Waals surface area contributed by atoms with Gasteiger partial charge in [0.2, 0.25) is 5.91 Å². The summed E-state index contributed by atoms with van der Waals surface area (Å²) in [4.78, 5) is 51.4. The lowest BCUT2D eigenvalue weighted by Crippen LogP contribution is -2.52. The van der Waals surface area contributed by atoms with Crippen molar-refractivity contribution in [1.29, 1.82) is 0 Å². The van der Waals surface area contributed by atoms with Crippen LogP contribution in [0.1, 0.15) is 44.8 Å². The van der Waals surface area contributed by atoms with E-state index in [2.05, 4.69) is 10.1 Å². The third kappa shape index (κ3) is 6.66. The Kier molecular flexibility index (Phi) is 8.81. The quantitative estimate of drug-likeness (QED) is 0.314. The Morgan fingerprint density at radius 3 is 2.62 bits per heavy atom. The number of carbonyl (C=O) groups excluding carboxylic acids is 4. The van der Waals surface area contributed by atoms with Crippen molar-refractivity contribution in [3.8, 4) is 0 Å². The maximum absolute atomic E-state index is 13.1. The van der Waals surface area contributed by atoms with Crippen LogP contribution in [0, 0.1) is 5.92 Å². The molecule has 2 aliphatic rings. The summed E-state index contributed by atoms with van der Waals surface area (Å²) < 4.78 is 15.3. The Labute approximate surface area is 199 Å². The molecule has 9 heteroatoms. The summed E-state index contributed by atoms with van der Waals surface area (Å²) >= 11 is 0. The van der Waals surface area contributed by atoms with E-state index in [1.54, 1.807) is 4.90 Å². The van der Waals surface area contributed by atoms with Crippen molar-refractivity contribution >= 4 is 23.8 Å². The summed E-state index contributed by atoms with van der Waals surface area (Å²) in [5.41, 5.74) is 0.932. The molecule has 0 spiro atoms. The second-order valence-corrected chi connectivity index (χ2v) is 8.82. The molecule has 0 aromatic heterocycles. The summed E-state index contributed by atoms with van der Waals surface area (Å²) in [6.07, 6.45) is 3.25. The Balaban J connectivity index is 1.58. The van der Waals surface area contributed by atoms with E-state index in [9.17, 15) is 19.2 Å². The van der Waals surface area contributed by atoms with Crippen molar-refractivity contribution in [2.75, 3.05) is 20.3 Å². The summed E-state index contributed by atoms with van der Waals surface area (Å²) in [5.74, 6) is -1.61. The van der Waals surface area contributed by atoms with Crippen LogP contribution in [0.5, 0.6) is 0 Å². The highest BCUT2D eigenvalue weighted by Gasteiger charge is 2.50. The van der Waals surface area contributed by atoms with Crippen LogP contribution in [0.15, 0.2) is 42.5 Å². The SMILES string of the molecule is COC(=O)/C=C\COC(=O)[C@H](CC(C)C)NC(=O)[C@@H]1CCCN1C(=O)[C@@H]1O[C@H]1c1ccccc1. The first-order chi connectivity index (χ1) is 16.3. The highest BCUT2D eigenvalue weighted by Crippen LogP contribution is 2.40. The number of esters is 2. The van der Waals surface area contributed by atoms with E-state index in [-0.39, 0.29) is 30.4 Å². The highest BCUT2D eigenvalue weighted by atomic mass is 16.6. The van der Waals surface area contributed by atoms with Crippen LogP contribution >= 0.6 is 0 Å². The van der Waals surface area contributed by atoms with Crippen LogP contribution in [-0.4, -0.2) is 67.1 Å². The number of methoxy groups -OCH3 is 1. The van der Waals surface area contributed by atoms with Gasteiger partial charge in [-0.15, -0.1) is 0 Å². The molecule has 1 aromatic rings. The molecule has 4 atom stereocenters. The van der Waals surface area contributed by atoms with E-state index in [0.29, 0.717) is 25.8 Å². The monoisotopic (exact) mass is 472 g/mol. The fourth-order valence-electron chi connectivity index (χ4n) is 4.06. The molecule has 0 radical (unpaired) electrons. The second-order valence-electron chi connectivity index (χ2n) is 8.82. The number of hydrogen-bond donors (Lipinski definition) is 1. The van der Waals surface area contributed by atoms with E-state index in [0.717, 1.165) is 11.6 Å². The summed E-state index contributed by atoms with van der Waals surface area (Å²) in [6, 6.07) is 8.00. The zero-order valence-corrected chi connectivity index (χ0v) is 19.8. The van der Waals surface area contributed by atoms with Crippen LogP contribution in [-0.2, 0) is 33.4 Å². The van der Waals surface area contributed by atoms with Crippen LogP contribution in [0.2, 0.25) is 0 Å². The predicted octanol–water partition coefficient (Wildman–Crippen LogP) is 1.92. The van der Waals surface area contributed by atoms with Gasteiger partial charge in [-0.3, -0.25) is 9.59 Å². The van der Waals surface area contributed by atoms with Crippen LogP contribution < -0.4 is 5.32 Å². The molecule has 0 unspecified atom stereocenters. The average Bonchev–Trinajstić information content (AvgIpc) is 3.48. The summed E-state index contributed by atoms with van der Waals surface area (Å²) in [6.45, 7) is 4.22. The molecule has 184 valence electrons. The first-order valence-electron chi connectivity index (χ1n) is 11.5. The number of nitrogens with one attached hydrogen (secondary N) is 1. The van der Waals surface area contributed by atoms with Gasteiger partial charge in [0.25, 0.3) is 5.91 Å². The van der Waals surface area contributed by atoms with Crippen molar-refractivity contribution in [2.24, 2.45) is 5.92 Å². The lowest BCUT2D eigenvalue weighted by Gasteiger charge is -2.26. The van der Waals surface area contributed by atoms with E-state index >= 15 is 0 Å². The highest BCUT2D eigenvalue weighted by molar-refractivity contribution is 5.93. The molecule has 1 aromatic carbocycles. The van der Waals surface area contributed by atoms with Gasteiger partial charge in [0.05, 0.1) is 7.11 Å². The van der Waals surface area contributed by atoms with Crippen molar-refractivity contribution in [2.45, 2.75) is 57.4 Å². The molecule has 9 nitrogen and oxygen atoms in total. The number of epoxide rings is 1. The molecule has 34 heavy (non-hydrogen) atoms. The largest absolute Gasteiger partial charge is 0.466 e.